The van der Waals surface area contributed by atoms with Gasteiger partial charge in [0.05, 0.1) is 16.9 Å². The van der Waals surface area contributed by atoms with E-state index in [9.17, 15) is 10.1 Å². The van der Waals surface area contributed by atoms with Gasteiger partial charge >= 0.3 is 5.69 Å². The number of ether oxygens (including phenoxy) is 1. The van der Waals surface area contributed by atoms with E-state index in [0.29, 0.717) is 9.92 Å². The second kappa shape index (κ2) is 5.95. The second-order valence-corrected chi connectivity index (χ2v) is 5.17. The number of hydrogen-bond donors (Lipinski definition) is 0. The summed E-state index contributed by atoms with van der Waals surface area (Å²) < 4.78 is 5.03. The number of hydrogen-bond acceptors (Lipinski definition) is 4. The van der Waals surface area contributed by atoms with E-state index in [1.54, 1.807) is 30.3 Å². The zero-order valence-electron chi connectivity index (χ0n) is 10.00. The summed E-state index contributed by atoms with van der Waals surface area (Å²) in [6.07, 6.45) is 0. The van der Waals surface area contributed by atoms with E-state index in [4.69, 9.17) is 16.3 Å². The van der Waals surface area contributed by atoms with E-state index in [1.807, 2.05) is 12.1 Å². The Morgan fingerprint density at radius 1 is 1.21 bits per heavy atom. The molecule has 0 radical (unpaired) electrons. The first-order valence-corrected chi connectivity index (χ1v) is 6.56. The summed E-state index contributed by atoms with van der Waals surface area (Å²) in [5.74, 6) is 0.254. The van der Waals surface area contributed by atoms with Crippen LogP contribution >= 0.6 is 23.4 Å². The summed E-state index contributed by atoms with van der Waals surface area (Å²) in [4.78, 5) is 12.1. The summed E-state index contributed by atoms with van der Waals surface area (Å²) in [5.41, 5.74) is -0.0232. The van der Waals surface area contributed by atoms with Gasteiger partial charge in [0.25, 0.3) is 0 Å². The highest BCUT2D eigenvalue weighted by molar-refractivity contribution is 7.99. The number of halogens is 1. The molecule has 19 heavy (non-hydrogen) atoms. The largest absolute Gasteiger partial charge is 0.490 e. The smallest absolute Gasteiger partial charge is 0.324 e. The monoisotopic (exact) mass is 295 g/mol. The molecule has 0 fully saturated rings. The van der Waals surface area contributed by atoms with Gasteiger partial charge in [0.15, 0.2) is 5.75 Å². The maximum absolute atomic E-state index is 11.1. The third-order valence-electron chi connectivity index (χ3n) is 2.41. The lowest BCUT2D eigenvalue weighted by Gasteiger charge is -2.06. The quantitative estimate of drug-likeness (QED) is 0.619. The lowest BCUT2D eigenvalue weighted by Crippen LogP contribution is -1.95. The van der Waals surface area contributed by atoms with Crippen LogP contribution < -0.4 is 4.74 Å². The molecular weight excluding hydrogens is 286 g/mol. The molecule has 0 N–H and O–H groups in total. The van der Waals surface area contributed by atoms with Crippen molar-refractivity contribution in [3.63, 3.8) is 0 Å². The van der Waals surface area contributed by atoms with Gasteiger partial charge in [-0.15, -0.1) is 0 Å². The third kappa shape index (κ3) is 3.19. The maximum atomic E-state index is 11.1. The van der Waals surface area contributed by atoms with Crippen LogP contribution in [0.1, 0.15) is 0 Å². The lowest BCUT2D eigenvalue weighted by molar-refractivity contribution is -0.388. The molecule has 0 aromatic heterocycles. The number of nitrogens with zero attached hydrogens (tertiary/aromatic N) is 1. The van der Waals surface area contributed by atoms with E-state index in [0.717, 1.165) is 4.90 Å². The lowest BCUT2D eigenvalue weighted by atomic mass is 10.3. The Hall–Kier alpha value is -1.72. The first-order valence-electron chi connectivity index (χ1n) is 5.36. The fraction of sp³-hybridized carbons (Fsp3) is 0.0769. The predicted molar refractivity (Wildman–Crippen MR) is 75.2 cm³/mol. The number of nitro groups is 1. The standard InChI is InChI=1S/C13H10ClNO3S/c1-18-11-3-2-4-12(13(11)15(16)17)19-10-7-5-9(14)6-8-10/h2-8H,1H3. The SMILES string of the molecule is COc1cccc(Sc2ccc(Cl)cc2)c1[N+](=O)[O-]. The molecule has 0 heterocycles. The Balaban J connectivity index is 2.39. The van der Waals surface area contributed by atoms with Gasteiger partial charge in [-0.25, -0.2) is 0 Å². The van der Waals surface area contributed by atoms with Crippen molar-refractivity contribution in [2.45, 2.75) is 9.79 Å². The molecule has 6 heteroatoms. The summed E-state index contributed by atoms with van der Waals surface area (Å²) >= 11 is 7.11. The highest BCUT2D eigenvalue weighted by Crippen LogP contribution is 2.40. The fourth-order valence-corrected chi connectivity index (χ4v) is 2.63. The fourth-order valence-electron chi connectivity index (χ4n) is 1.56. The normalized spacial score (nSPS) is 10.2. The predicted octanol–water partition coefficient (Wildman–Crippen LogP) is 4.41. The highest BCUT2D eigenvalue weighted by atomic mass is 35.5. The Morgan fingerprint density at radius 2 is 1.89 bits per heavy atom. The topological polar surface area (TPSA) is 52.4 Å². The molecule has 0 saturated heterocycles. The van der Waals surface area contributed by atoms with E-state index < -0.39 is 4.92 Å². The van der Waals surface area contributed by atoms with Crippen molar-refractivity contribution in [2.24, 2.45) is 0 Å². The Labute approximate surface area is 119 Å². The van der Waals surface area contributed by atoms with Crippen LogP contribution in [0.4, 0.5) is 5.69 Å². The van der Waals surface area contributed by atoms with Gasteiger partial charge < -0.3 is 4.74 Å². The molecule has 0 amide bonds. The van der Waals surface area contributed by atoms with Crippen LogP contribution in [0.15, 0.2) is 52.3 Å². The van der Waals surface area contributed by atoms with Crippen molar-refractivity contribution >= 4 is 29.1 Å². The molecular formula is C13H10ClNO3S. The minimum atomic E-state index is -0.433. The number of rotatable bonds is 4. The van der Waals surface area contributed by atoms with Gasteiger partial charge in [-0.2, -0.15) is 0 Å². The highest BCUT2D eigenvalue weighted by Gasteiger charge is 2.20. The summed E-state index contributed by atoms with van der Waals surface area (Å²) in [6.45, 7) is 0. The van der Waals surface area contributed by atoms with Crippen LogP contribution in [0.25, 0.3) is 0 Å². The summed E-state index contributed by atoms with van der Waals surface area (Å²) in [5, 5.41) is 11.8. The van der Waals surface area contributed by atoms with Crippen LogP contribution in [0.2, 0.25) is 5.02 Å². The number of para-hydroxylation sites is 1. The van der Waals surface area contributed by atoms with Gasteiger partial charge in [-0.05, 0) is 36.4 Å². The summed E-state index contributed by atoms with van der Waals surface area (Å²) in [7, 11) is 1.42. The molecule has 2 aromatic rings. The van der Waals surface area contributed by atoms with Crippen molar-refractivity contribution in [2.75, 3.05) is 7.11 Å². The molecule has 0 unspecified atom stereocenters. The first-order chi connectivity index (χ1) is 9.11. The number of benzene rings is 2. The van der Waals surface area contributed by atoms with E-state index >= 15 is 0 Å². The van der Waals surface area contributed by atoms with Crippen LogP contribution in [-0.2, 0) is 0 Å². The van der Waals surface area contributed by atoms with Crippen molar-refractivity contribution < 1.29 is 9.66 Å². The molecule has 0 bridgehead atoms. The zero-order valence-corrected chi connectivity index (χ0v) is 11.6. The maximum Gasteiger partial charge on any atom is 0.324 e. The van der Waals surface area contributed by atoms with Crippen molar-refractivity contribution in [3.8, 4) is 5.75 Å². The van der Waals surface area contributed by atoms with Gasteiger partial charge in [0, 0.05) is 9.92 Å². The molecule has 2 aromatic carbocycles. The second-order valence-electron chi connectivity index (χ2n) is 3.62. The average Bonchev–Trinajstić information content (AvgIpc) is 2.40. The summed E-state index contributed by atoms with van der Waals surface area (Å²) in [6, 6.07) is 12.1. The van der Waals surface area contributed by atoms with Crippen molar-refractivity contribution in [1.29, 1.82) is 0 Å². The number of nitro benzene ring substituents is 1. The molecule has 0 aliphatic carbocycles. The van der Waals surface area contributed by atoms with Crippen molar-refractivity contribution in [1.82, 2.24) is 0 Å². The van der Waals surface area contributed by atoms with Gasteiger partial charge in [0.1, 0.15) is 0 Å². The van der Waals surface area contributed by atoms with E-state index in [1.165, 1.54) is 18.9 Å². The Morgan fingerprint density at radius 3 is 2.47 bits per heavy atom. The molecule has 0 spiro atoms. The van der Waals surface area contributed by atoms with Crippen molar-refractivity contribution in [3.05, 3.63) is 57.6 Å². The minimum absolute atomic E-state index is 0.0232. The molecule has 2 rings (SSSR count). The van der Waals surface area contributed by atoms with Gasteiger partial charge in [-0.3, -0.25) is 10.1 Å². The van der Waals surface area contributed by atoms with Gasteiger partial charge in [-0.1, -0.05) is 29.4 Å². The number of methoxy groups -OCH3 is 1. The third-order valence-corrected chi connectivity index (χ3v) is 3.72. The first kappa shape index (κ1) is 13.7. The van der Waals surface area contributed by atoms with E-state index in [2.05, 4.69) is 0 Å². The molecule has 0 atom stereocenters. The molecule has 4 nitrogen and oxygen atoms in total. The molecule has 0 aliphatic heterocycles. The van der Waals surface area contributed by atoms with Crippen LogP contribution in [0.5, 0.6) is 5.75 Å². The van der Waals surface area contributed by atoms with Crippen LogP contribution in [-0.4, -0.2) is 12.0 Å². The molecule has 0 aliphatic rings. The van der Waals surface area contributed by atoms with Gasteiger partial charge in [0.2, 0.25) is 0 Å². The van der Waals surface area contributed by atoms with Crippen LogP contribution in [0, 0.1) is 10.1 Å². The average molecular weight is 296 g/mol. The Bertz CT molecular complexity index is 601. The van der Waals surface area contributed by atoms with Crippen LogP contribution in [0.3, 0.4) is 0 Å². The molecule has 0 saturated carbocycles. The van der Waals surface area contributed by atoms with E-state index in [-0.39, 0.29) is 11.4 Å². The Kier molecular flexibility index (Phi) is 4.29. The minimum Gasteiger partial charge on any atom is -0.490 e. The molecule has 98 valence electrons. The zero-order chi connectivity index (χ0) is 13.8.